The molecule has 0 aromatic rings. The van der Waals surface area contributed by atoms with Crippen LogP contribution >= 0.6 is 0 Å². The van der Waals surface area contributed by atoms with Crippen molar-refractivity contribution in [3.8, 4) is 0 Å². The molecule has 2 aliphatic rings. The van der Waals surface area contributed by atoms with Crippen LogP contribution in [0.25, 0.3) is 0 Å². The molecule has 0 spiro atoms. The molecule has 1 aliphatic carbocycles. The Kier molecular flexibility index (Phi) is 3.45. The van der Waals surface area contributed by atoms with E-state index in [1.54, 1.807) is 0 Å². The van der Waals surface area contributed by atoms with Gasteiger partial charge in [0.05, 0.1) is 12.7 Å². The lowest BCUT2D eigenvalue weighted by Crippen LogP contribution is -2.37. The smallest absolute Gasteiger partial charge is 0.0551 e. The maximum absolute atomic E-state index is 5.65. The van der Waals surface area contributed by atoms with Crippen LogP contribution in [0.5, 0.6) is 0 Å². The van der Waals surface area contributed by atoms with Crippen molar-refractivity contribution < 1.29 is 4.74 Å². The minimum Gasteiger partial charge on any atom is -0.378 e. The monoisotopic (exact) mass is 197 g/mol. The Morgan fingerprint density at radius 1 is 1.43 bits per heavy atom. The first-order chi connectivity index (χ1) is 6.79. The molecule has 82 valence electrons. The molecule has 1 aliphatic heterocycles. The van der Waals surface area contributed by atoms with E-state index in [4.69, 9.17) is 4.74 Å². The fourth-order valence-corrected chi connectivity index (χ4v) is 2.55. The standard InChI is InChI=1S/C12H23NO/c1-3-13-12(7-10-4-5-10)11-6-9(2)14-8-11/h9-13H,3-8H2,1-2H3. The van der Waals surface area contributed by atoms with Gasteiger partial charge in [-0.3, -0.25) is 0 Å². The maximum Gasteiger partial charge on any atom is 0.0551 e. The van der Waals surface area contributed by atoms with Crippen molar-refractivity contribution in [1.82, 2.24) is 5.32 Å². The third-order valence-electron chi connectivity index (χ3n) is 3.55. The maximum atomic E-state index is 5.65. The van der Waals surface area contributed by atoms with Crippen LogP contribution in [0, 0.1) is 11.8 Å². The first kappa shape index (κ1) is 10.4. The van der Waals surface area contributed by atoms with E-state index in [1.165, 1.54) is 25.7 Å². The quantitative estimate of drug-likeness (QED) is 0.729. The van der Waals surface area contributed by atoms with Gasteiger partial charge in [0, 0.05) is 12.0 Å². The number of nitrogens with one attached hydrogen (secondary N) is 1. The summed E-state index contributed by atoms with van der Waals surface area (Å²) in [5, 5.41) is 3.64. The number of hydrogen-bond donors (Lipinski definition) is 1. The summed E-state index contributed by atoms with van der Waals surface area (Å²) in [4.78, 5) is 0. The molecule has 0 aromatic heterocycles. The lowest BCUT2D eigenvalue weighted by Gasteiger charge is -2.23. The SMILES string of the molecule is CCNC(CC1CC1)C1COC(C)C1. The Morgan fingerprint density at radius 3 is 2.71 bits per heavy atom. The zero-order chi connectivity index (χ0) is 9.97. The van der Waals surface area contributed by atoms with E-state index < -0.39 is 0 Å². The van der Waals surface area contributed by atoms with Crippen molar-refractivity contribution in [3.63, 3.8) is 0 Å². The van der Waals surface area contributed by atoms with Gasteiger partial charge >= 0.3 is 0 Å². The Morgan fingerprint density at radius 2 is 2.21 bits per heavy atom. The second kappa shape index (κ2) is 4.63. The van der Waals surface area contributed by atoms with E-state index in [9.17, 15) is 0 Å². The topological polar surface area (TPSA) is 21.3 Å². The summed E-state index contributed by atoms with van der Waals surface area (Å²) in [5.41, 5.74) is 0. The third kappa shape index (κ3) is 2.71. The van der Waals surface area contributed by atoms with Gasteiger partial charge in [0.25, 0.3) is 0 Å². The molecule has 0 bridgehead atoms. The molecular weight excluding hydrogens is 174 g/mol. The molecular formula is C12H23NO. The van der Waals surface area contributed by atoms with Crippen molar-refractivity contribution in [2.75, 3.05) is 13.2 Å². The van der Waals surface area contributed by atoms with Gasteiger partial charge in [0.15, 0.2) is 0 Å². The fraction of sp³-hybridized carbons (Fsp3) is 1.00. The van der Waals surface area contributed by atoms with E-state index >= 15 is 0 Å². The molecule has 1 heterocycles. The molecule has 0 radical (unpaired) electrons. The summed E-state index contributed by atoms with van der Waals surface area (Å²) in [6.07, 6.45) is 6.05. The van der Waals surface area contributed by atoms with Crippen molar-refractivity contribution in [3.05, 3.63) is 0 Å². The largest absolute Gasteiger partial charge is 0.378 e. The van der Waals surface area contributed by atoms with Crippen LogP contribution in [0.15, 0.2) is 0 Å². The van der Waals surface area contributed by atoms with Gasteiger partial charge < -0.3 is 10.1 Å². The van der Waals surface area contributed by atoms with Crippen molar-refractivity contribution >= 4 is 0 Å². The molecule has 2 heteroatoms. The molecule has 1 saturated heterocycles. The summed E-state index contributed by atoms with van der Waals surface area (Å²) in [6, 6.07) is 0.720. The second-order valence-corrected chi connectivity index (χ2v) is 4.98. The Hall–Kier alpha value is -0.0800. The molecule has 3 unspecified atom stereocenters. The highest BCUT2D eigenvalue weighted by molar-refractivity contribution is 4.87. The first-order valence-electron chi connectivity index (χ1n) is 6.14. The van der Waals surface area contributed by atoms with Gasteiger partial charge in [-0.1, -0.05) is 19.8 Å². The first-order valence-corrected chi connectivity index (χ1v) is 6.14. The van der Waals surface area contributed by atoms with Gasteiger partial charge in [-0.05, 0) is 32.2 Å². The van der Waals surface area contributed by atoms with E-state index in [1.807, 2.05) is 0 Å². The van der Waals surface area contributed by atoms with E-state index in [-0.39, 0.29) is 0 Å². The molecule has 0 aromatic carbocycles. The summed E-state index contributed by atoms with van der Waals surface area (Å²) in [6.45, 7) is 6.48. The van der Waals surface area contributed by atoms with E-state index in [2.05, 4.69) is 19.2 Å². The van der Waals surface area contributed by atoms with Crippen LogP contribution in [0.1, 0.15) is 39.5 Å². The van der Waals surface area contributed by atoms with Crippen LogP contribution in [-0.2, 0) is 4.74 Å². The molecule has 2 fully saturated rings. The summed E-state index contributed by atoms with van der Waals surface area (Å²) in [7, 11) is 0. The van der Waals surface area contributed by atoms with Crippen molar-refractivity contribution in [2.24, 2.45) is 11.8 Å². The van der Waals surface area contributed by atoms with Crippen LogP contribution < -0.4 is 5.32 Å². The van der Waals surface area contributed by atoms with Crippen molar-refractivity contribution in [1.29, 1.82) is 0 Å². The number of hydrogen-bond acceptors (Lipinski definition) is 2. The predicted molar refractivity (Wildman–Crippen MR) is 58.3 cm³/mol. The Bertz CT molecular complexity index is 179. The molecule has 2 rings (SSSR count). The zero-order valence-corrected chi connectivity index (χ0v) is 9.46. The number of ether oxygens (including phenoxy) is 1. The highest BCUT2D eigenvalue weighted by atomic mass is 16.5. The minimum atomic E-state index is 0.486. The van der Waals surface area contributed by atoms with Gasteiger partial charge in [-0.25, -0.2) is 0 Å². The summed E-state index contributed by atoms with van der Waals surface area (Å²) in [5.74, 6) is 1.79. The molecule has 1 saturated carbocycles. The van der Waals surface area contributed by atoms with Crippen LogP contribution in [0.4, 0.5) is 0 Å². The Balaban J connectivity index is 1.81. The van der Waals surface area contributed by atoms with Gasteiger partial charge in [-0.2, -0.15) is 0 Å². The highest BCUT2D eigenvalue weighted by Gasteiger charge is 2.33. The van der Waals surface area contributed by atoms with E-state index in [0.717, 1.165) is 31.0 Å². The predicted octanol–water partition coefficient (Wildman–Crippen LogP) is 2.19. The molecule has 0 amide bonds. The number of rotatable bonds is 5. The molecule has 1 N–H and O–H groups in total. The average Bonchev–Trinajstić information content (AvgIpc) is 2.87. The normalized spacial score (nSPS) is 34.7. The molecule has 2 nitrogen and oxygen atoms in total. The summed E-state index contributed by atoms with van der Waals surface area (Å²) < 4.78 is 5.65. The Labute approximate surface area is 87.4 Å². The lowest BCUT2D eigenvalue weighted by atomic mass is 9.92. The fourth-order valence-electron chi connectivity index (χ4n) is 2.55. The summed E-state index contributed by atoms with van der Waals surface area (Å²) >= 11 is 0. The van der Waals surface area contributed by atoms with Crippen LogP contribution in [-0.4, -0.2) is 25.3 Å². The molecule has 14 heavy (non-hydrogen) atoms. The average molecular weight is 197 g/mol. The van der Waals surface area contributed by atoms with Gasteiger partial charge in [0.2, 0.25) is 0 Å². The minimum absolute atomic E-state index is 0.486. The van der Waals surface area contributed by atoms with Crippen LogP contribution in [0.2, 0.25) is 0 Å². The van der Waals surface area contributed by atoms with Crippen LogP contribution in [0.3, 0.4) is 0 Å². The zero-order valence-electron chi connectivity index (χ0n) is 9.46. The highest BCUT2D eigenvalue weighted by Crippen LogP contribution is 2.36. The van der Waals surface area contributed by atoms with Gasteiger partial charge in [0.1, 0.15) is 0 Å². The molecule has 3 atom stereocenters. The lowest BCUT2D eigenvalue weighted by molar-refractivity contribution is 0.116. The van der Waals surface area contributed by atoms with Gasteiger partial charge in [-0.15, -0.1) is 0 Å². The van der Waals surface area contributed by atoms with E-state index in [0.29, 0.717) is 6.10 Å². The van der Waals surface area contributed by atoms with Crippen molar-refractivity contribution in [2.45, 2.75) is 51.7 Å². The third-order valence-corrected chi connectivity index (χ3v) is 3.55. The second-order valence-electron chi connectivity index (χ2n) is 4.98.